The quantitative estimate of drug-likeness (QED) is 0.823. The van der Waals surface area contributed by atoms with Crippen molar-refractivity contribution in [3.63, 3.8) is 0 Å². The van der Waals surface area contributed by atoms with Crippen molar-refractivity contribution in [3.8, 4) is 12.1 Å². The molecule has 0 atom stereocenters. The van der Waals surface area contributed by atoms with Crippen LogP contribution in [0.2, 0.25) is 0 Å². The lowest BCUT2D eigenvalue weighted by Gasteiger charge is -2.15. The zero-order chi connectivity index (χ0) is 20.2. The van der Waals surface area contributed by atoms with Crippen LogP contribution in [0.5, 0.6) is 0 Å². The molecule has 1 N–H and O–H groups in total. The molecule has 136 valence electrons. The van der Waals surface area contributed by atoms with Crippen molar-refractivity contribution in [2.45, 2.75) is 9.79 Å². The van der Waals surface area contributed by atoms with Gasteiger partial charge in [-0.25, -0.2) is 8.42 Å². The summed E-state index contributed by atoms with van der Waals surface area (Å²) < 4.78 is 25.8. The van der Waals surface area contributed by atoms with Gasteiger partial charge in [-0.1, -0.05) is 12.1 Å². The molecular weight excluding hydrogens is 370 g/mol. The van der Waals surface area contributed by atoms with Crippen LogP contribution in [0.15, 0.2) is 52.3 Å². The van der Waals surface area contributed by atoms with Crippen LogP contribution in [0, 0.1) is 22.7 Å². The Morgan fingerprint density at radius 1 is 1.11 bits per heavy atom. The number of benzene rings is 2. The third-order valence-corrected chi connectivity index (χ3v) is 5.45. The Labute approximate surface area is 155 Å². The number of aliphatic carboxylic acids is 1. The first-order valence-corrected chi connectivity index (χ1v) is 8.96. The van der Waals surface area contributed by atoms with Crippen molar-refractivity contribution < 1.29 is 23.1 Å². The van der Waals surface area contributed by atoms with Crippen molar-refractivity contribution in [2.24, 2.45) is 0 Å². The normalized spacial score (nSPS) is 10.5. The first kappa shape index (κ1) is 19.6. The number of hydrogen-bond donors (Lipinski definition) is 1. The van der Waals surface area contributed by atoms with E-state index in [1.165, 1.54) is 43.4 Å². The second-order valence-electron chi connectivity index (χ2n) is 5.49. The standard InChI is InChI=1S/C18H13N3O5S/c1-21(11-17(22)23)18(24)12-4-2-6-14(8-12)27(25,26)16-7-3-5-13(9-19)15(16)10-20/h2-8H,11H2,1H3,(H,22,23). The molecule has 0 radical (unpaired) electrons. The van der Waals surface area contributed by atoms with E-state index in [0.717, 1.165) is 11.0 Å². The number of rotatable bonds is 5. The van der Waals surface area contributed by atoms with Crippen LogP contribution in [0.25, 0.3) is 0 Å². The number of sulfone groups is 1. The monoisotopic (exact) mass is 383 g/mol. The molecule has 2 aromatic rings. The summed E-state index contributed by atoms with van der Waals surface area (Å²) in [5, 5.41) is 27.1. The Bertz CT molecular complexity index is 1110. The van der Waals surface area contributed by atoms with Gasteiger partial charge in [0.05, 0.1) is 20.9 Å². The SMILES string of the molecule is CN(CC(=O)O)C(=O)c1cccc(S(=O)(=O)c2cccc(C#N)c2C#N)c1. The van der Waals surface area contributed by atoms with E-state index in [1.54, 1.807) is 12.1 Å². The highest BCUT2D eigenvalue weighted by Crippen LogP contribution is 2.26. The minimum absolute atomic E-state index is 0.0187. The number of nitriles is 2. The van der Waals surface area contributed by atoms with Gasteiger partial charge in [0.1, 0.15) is 18.7 Å². The lowest BCUT2D eigenvalue weighted by atomic mass is 10.1. The van der Waals surface area contributed by atoms with Gasteiger partial charge >= 0.3 is 5.97 Å². The van der Waals surface area contributed by atoms with E-state index in [4.69, 9.17) is 10.4 Å². The van der Waals surface area contributed by atoms with Gasteiger partial charge in [0.15, 0.2) is 0 Å². The van der Waals surface area contributed by atoms with Crippen molar-refractivity contribution in [3.05, 3.63) is 59.2 Å². The molecule has 1 amide bonds. The molecule has 2 rings (SSSR count). The number of hydrogen-bond acceptors (Lipinski definition) is 6. The summed E-state index contributed by atoms with van der Waals surface area (Å²) in [6, 6.07) is 12.4. The number of likely N-dealkylation sites (N-methyl/N-ethyl adjacent to an activating group) is 1. The maximum atomic E-state index is 12.9. The average Bonchev–Trinajstić information content (AvgIpc) is 2.66. The van der Waals surface area contributed by atoms with E-state index >= 15 is 0 Å². The van der Waals surface area contributed by atoms with Crippen molar-refractivity contribution in [1.29, 1.82) is 10.5 Å². The second kappa shape index (κ2) is 7.68. The number of carbonyl (C=O) groups excluding carboxylic acids is 1. The van der Waals surface area contributed by atoms with Gasteiger partial charge in [-0.05, 0) is 30.3 Å². The van der Waals surface area contributed by atoms with E-state index in [9.17, 15) is 23.3 Å². The molecule has 0 fully saturated rings. The predicted molar refractivity (Wildman–Crippen MR) is 92.4 cm³/mol. The first-order chi connectivity index (χ1) is 12.7. The topological polar surface area (TPSA) is 139 Å². The maximum absolute atomic E-state index is 12.9. The molecule has 0 saturated heterocycles. The third kappa shape index (κ3) is 3.94. The van der Waals surface area contributed by atoms with Gasteiger partial charge in [0, 0.05) is 12.6 Å². The molecule has 0 unspecified atom stereocenters. The van der Waals surface area contributed by atoms with Crippen LogP contribution < -0.4 is 0 Å². The smallest absolute Gasteiger partial charge is 0.323 e. The van der Waals surface area contributed by atoms with E-state index < -0.39 is 28.3 Å². The van der Waals surface area contributed by atoms with E-state index in [2.05, 4.69) is 0 Å². The number of nitrogens with zero attached hydrogens (tertiary/aromatic N) is 3. The van der Waals surface area contributed by atoms with Crippen LogP contribution in [0.1, 0.15) is 21.5 Å². The van der Waals surface area contributed by atoms with Crippen LogP contribution in [-0.4, -0.2) is 43.9 Å². The van der Waals surface area contributed by atoms with Crippen molar-refractivity contribution in [2.75, 3.05) is 13.6 Å². The Hall–Kier alpha value is -3.69. The number of amides is 1. The van der Waals surface area contributed by atoms with Gasteiger partial charge < -0.3 is 10.0 Å². The predicted octanol–water partition coefficient (Wildman–Crippen LogP) is 1.42. The zero-order valence-electron chi connectivity index (χ0n) is 14.1. The molecule has 27 heavy (non-hydrogen) atoms. The fourth-order valence-electron chi connectivity index (χ4n) is 2.38. The summed E-state index contributed by atoms with van der Waals surface area (Å²) in [6.07, 6.45) is 0. The molecule has 0 aliphatic carbocycles. The summed E-state index contributed by atoms with van der Waals surface area (Å²) in [6.45, 7) is -0.543. The average molecular weight is 383 g/mol. The van der Waals surface area contributed by atoms with Crippen LogP contribution in [0.3, 0.4) is 0 Å². The maximum Gasteiger partial charge on any atom is 0.323 e. The summed E-state index contributed by atoms with van der Waals surface area (Å²) in [7, 11) is -2.90. The fourth-order valence-corrected chi connectivity index (χ4v) is 3.86. The second-order valence-corrected chi connectivity index (χ2v) is 7.41. The van der Waals surface area contributed by atoms with Crippen LogP contribution in [0.4, 0.5) is 0 Å². The van der Waals surface area contributed by atoms with Crippen LogP contribution >= 0.6 is 0 Å². The molecule has 2 aromatic carbocycles. The Kier molecular flexibility index (Phi) is 5.59. The van der Waals surface area contributed by atoms with Gasteiger partial charge in [0.25, 0.3) is 5.91 Å². The highest BCUT2D eigenvalue weighted by molar-refractivity contribution is 7.91. The van der Waals surface area contributed by atoms with E-state index in [0.29, 0.717) is 0 Å². The highest BCUT2D eigenvalue weighted by Gasteiger charge is 2.25. The Morgan fingerprint density at radius 3 is 2.37 bits per heavy atom. The first-order valence-electron chi connectivity index (χ1n) is 7.48. The summed E-state index contributed by atoms with van der Waals surface area (Å²) in [5.41, 5.74) is -0.374. The van der Waals surface area contributed by atoms with Gasteiger partial charge in [-0.2, -0.15) is 10.5 Å². The minimum atomic E-state index is -4.18. The largest absolute Gasteiger partial charge is 0.480 e. The van der Waals surface area contributed by atoms with Gasteiger partial charge in [0.2, 0.25) is 9.84 Å². The molecule has 0 aromatic heterocycles. The minimum Gasteiger partial charge on any atom is -0.480 e. The lowest BCUT2D eigenvalue weighted by Crippen LogP contribution is -2.32. The lowest BCUT2D eigenvalue weighted by molar-refractivity contribution is -0.137. The van der Waals surface area contributed by atoms with E-state index in [1.807, 2.05) is 0 Å². The summed E-state index contributed by atoms with van der Waals surface area (Å²) >= 11 is 0. The van der Waals surface area contributed by atoms with Crippen molar-refractivity contribution >= 4 is 21.7 Å². The molecule has 0 bridgehead atoms. The highest BCUT2D eigenvalue weighted by atomic mass is 32.2. The number of carboxylic acids is 1. The van der Waals surface area contributed by atoms with Crippen LogP contribution in [-0.2, 0) is 14.6 Å². The van der Waals surface area contributed by atoms with Crippen molar-refractivity contribution in [1.82, 2.24) is 4.90 Å². The summed E-state index contributed by atoms with van der Waals surface area (Å²) in [4.78, 5) is 23.4. The zero-order valence-corrected chi connectivity index (χ0v) is 14.9. The number of carboxylic acid groups (broad SMARTS) is 1. The molecule has 0 spiro atoms. The number of carbonyl (C=O) groups is 2. The molecule has 9 heteroatoms. The third-order valence-electron chi connectivity index (χ3n) is 3.66. The van der Waals surface area contributed by atoms with E-state index in [-0.39, 0.29) is 26.5 Å². The molecule has 0 saturated carbocycles. The molecule has 0 heterocycles. The Morgan fingerprint density at radius 2 is 1.78 bits per heavy atom. The van der Waals surface area contributed by atoms with Gasteiger partial charge in [-0.3, -0.25) is 9.59 Å². The Balaban J connectivity index is 2.54. The molecule has 8 nitrogen and oxygen atoms in total. The fraction of sp³-hybridized carbons (Fsp3) is 0.111. The molecule has 0 aliphatic heterocycles. The summed E-state index contributed by atoms with van der Waals surface area (Å²) in [5.74, 6) is -1.87. The molecular formula is C18H13N3O5S. The molecule has 0 aliphatic rings. The van der Waals surface area contributed by atoms with Gasteiger partial charge in [-0.15, -0.1) is 0 Å².